The second kappa shape index (κ2) is 13.0. The van der Waals surface area contributed by atoms with Gasteiger partial charge in [0, 0.05) is 21.5 Å². The molecule has 0 atom stereocenters. The summed E-state index contributed by atoms with van der Waals surface area (Å²) in [5.74, 6) is 0. The Morgan fingerprint density at radius 3 is 0.577 bits per heavy atom. The number of hydrogen-bond donors (Lipinski definition) is 0. The molecule has 0 spiro atoms. The number of nitrogens with zero attached hydrogens (tertiary/aromatic N) is 4. The number of fused-ring (bicyclic) bond motifs is 6. The largest absolute Gasteiger partial charge is 1.00 e. The zero-order valence-electron chi connectivity index (χ0n) is 24.3. The summed E-state index contributed by atoms with van der Waals surface area (Å²) in [5, 5.41) is 1.14. The van der Waals surface area contributed by atoms with Crippen LogP contribution in [-0.4, -0.2) is 19.9 Å². The summed E-state index contributed by atoms with van der Waals surface area (Å²) in [6.45, 7) is 0. The molecule has 0 unspecified atom stereocenters. The van der Waals surface area contributed by atoms with Crippen LogP contribution < -0.4 is 0 Å². The first-order valence-corrected chi connectivity index (χ1v) is 15.1. The predicted octanol–water partition coefficient (Wildman–Crippen LogP) is 13.0. The van der Waals surface area contributed by atoms with Crippen molar-refractivity contribution in [2.45, 2.75) is 24.7 Å². The molecule has 286 valence electrons. The zero-order chi connectivity index (χ0) is 38.7. The van der Waals surface area contributed by atoms with E-state index in [1.54, 1.807) is 0 Å². The topological polar surface area (TPSA) is 51.6 Å². The van der Waals surface area contributed by atoms with Crippen molar-refractivity contribution in [3.8, 4) is 0 Å². The van der Waals surface area contributed by atoms with E-state index in [4.69, 9.17) is 0 Å². The Morgan fingerprint density at radius 2 is 0.442 bits per heavy atom. The fourth-order valence-corrected chi connectivity index (χ4v) is 4.17. The Balaban J connectivity index is 0.000000234. The van der Waals surface area contributed by atoms with Gasteiger partial charge in [0.05, 0.1) is 22.1 Å². The Bertz CT molecular complexity index is 1960. The quantitative estimate of drug-likeness (QED) is 0.0662. The summed E-state index contributed by atoms with van der Waals surface area (Å²) in [6.07, 6.45) is -18.7. The van der Waals surface area contributed by atoms with Gasteiger partial charge in [0.15, 0.2) is 0 Å². The monoisotopic (exact) mass is 840 g/mol. The number of rotatable bonds is 0. The fraction of sp³-hybridized carbons (Fsp3) is 0.143. The van der Waals surface area contributed by atoms with Crippen molar-refractivity contribution in [1.29, 1.82) is 0 Å². The van der Waals surface area contributed by atoms with E-state index in [1.165, 1.54) is 24.3 Å². The first-order valence-electron chi connectivity index (χ1n) is 13.0. The first kappa shape index (κ1) is 42.2. The molecular weight excluding hydrogens is 829 g/mol. The van der Waals surface area contributed by atoms with Gasteiger partial charge < -0.3 is 0 Å². The smallest absolute Gasteiger partial charge is 1.00 e. The molecule has 0 N–H and O–H groups in total. The van der Waals surface area contributed by atoms with Crippen molar-refractivity contribution in [2.24, 2.45) is 0 Å². The Kier molecular flexibility index (Phi) is 10.6. The van der Waals surface area contributed by atoms with Crippen LogP contribution in [0.25, 0.3) is 43.6 Å². The minimum absolute atomic E-state index is 0. The van der Waals surface area contributed by atoms with Crippen LogP contribution in [0.15, 0.2) is 72.8 Å². The van der Waals surface area contributed by atoms with Crippen LogP contribution in [0.2, 0.25) is 0 Å². The third kappa shape index (κ3) is 11.4. The third-order valence-corrected chi connectivity index (χ3v) is 6.20. The molecule has 52 heavy (non-hydrogen) atoms. The minimum atomic E-state index is -10.7. The second-order valence-electron chi connectivity index (χ2n) is 10.2. The predicted molar refractivity (Wildman–Crippen MR) is 148 cm³/mol. The van der Waals surface area contributed by atoms with E-state index >= 15 is 0 Å². The number of alkyl halides is 12. The van der Waals surface area contributed by atoms with Gasteiger partial charge in [-0.3, -0.25) is 0 Å². The summed E-state index contributed by atoms with van der Waals surface area (Å²) in [7, 11) is -10.7. The molecule has 0 amide bonds. The minimum Gasteiger partial charge on any atom is 1.00 e. The standard InChI is InChI=1S/2C14H6F6N2.Cu.F6P/c2*15-13(16,17)9-5-3-7-1-2-8-4-6-10(14(18,19)20)22-12(8)11(7)21-9;;1-7(2,3,4,5)6/h2*1-6H;;/q;;+1;-1. The van der Waals surface area contributed by atoms with Gasteiger partial charge in [-0.25, -0.2) is 19.9 Å². The molecule has 0 aliphatic rings. The van der Waals surface area contributed by atoms with E-state index in [-0.39, 0.29) is 60.7 Å². The molecule has 24 heteroatoms. The third-order valence-electron chi connectivity index (χ3n) is 6.20. The number of halogens is 18. The summed E-state index contributed by atoms with van der Waals surface area (Å²) < 4.78 is 212. The molecule has 0 radical (unpaired) electrons. The van der Waals surface area contributed by atoms with Crippen LogP contribution >= 0.6 is 7.81 Å². The molecule has 0 saturated carbocycles. The van der Waals surface area contributed by atoms with Gasteiger partial charge in [0.1, 0.15) is 22.8 Å². The molecule has 4 heterocycles. The van der Waals surface area contributed by atoms with Crippen molar-refractivity contribution in [2.75, 3.05) is 0 Å². The molecule has 0 fully saturated rings. The molecule has 4 aromatic heterocycles. The van der Waals surface area contributed by atoms with Gasteiger partial charge in [-0.2, -0.15) is 52.7 Å². The van der Waals surface area contributed by atoms with Crippen LogP contribution in [-0.2, 0) is 41.8 Å². The maximum absolute atomic E-state index is 12.7. The van der Waals surface area contributed by atoms with Crippen LogP contribution in [0.3, 0.4) is 0 Å². The van der Waals surface area contributed by atoms with E-state index in [1.807, 2.05) is 0 Å². The van der Waals surface area contributed by atoms with Crippen LogP contribution in [0, 0.1) is 0 Å². The number of pyridine rings is 4. The molecule has 6 rings (SSSR count). The van der Waals surface area contributed by atoms with Crippen LogP contribution in [0.4, 0.5) is 77.9 Å². The number of hydrogen-bond acceptors (Lipinski definition) is 4. The van der Waals surface area contributed by atoms with E-state index in [9.17, 15) is 77.9 Å². The van der Waals surface area contributed by atoms with Gasteiger partial charge in [0.2, 0.25) is 0 Å². The van der Waals surface area contributed by atoms with E-state index in [0.717, 1.165) is 48.5 Å². The average molecular weight is 841 g/mol. The van der Waals surface area contributed by atoms with E-state index in [2.05, 4.69) is 19.9 Å². The molecular formula is C28H12CuF18N4P. The van der Waals surface area contributed by atoms with Gasteiger partial charge in [0.25, 0.3) is 0 Å². The summed E-state index contributed by atoms with van der Waals surface area (Å²) in [4.78, 5) is 13.8. The van der Waals surface area contributed by atoms with Crippen molar-refractivity contribution >= 4 is 51.4 Å². The van der Waals surface area contributed by atoms with Gasteiger partial charge in [-0.1, -0.05) is 48.5 Å². The van der Waals surface area contributed by atoms with Gasteiger partial charge in [-0.05, 0) is 24.3 Å². The maximum Gasteiger partial charge on any atom is 1.00 e. The number of benzene rings is 2. The normalized spacial score (nSPS) is 14.1. The van der Waals surface area contributed by atoms with E-state index < -0.39 is 55.3 Å². The zero-order valence-corrected chi connectivity index (χ0v) is 26.1. The summed E-state index contributed by atoms with van der Waals surface area (Å²) in [5.41, 5.74) is -5.54. The van der Waals surface area contributed by atoms with Crippen molar-refractivity contribution < 1.29 is 94.9 Å². The van der Waals surface area contributed by atoms with Gasteiger partial charge >= 0.3 is 74.8 Å². The van der Waals surface area contributed by atoms with Crippen molar-refractivity contribution in [3.63, 3.8) is 0 Å². The van der Waals surface area contributed by atoms with Gasteiger partial charge in [-0.15, -0.1) is 0 Å². The van der Waals surface area contributed by atoms with Crippen LogP contribution in [0.1, 0.15) is 22.8 Å². The summed E-state index contributed by atoms with van der Waals surface area (Å²) >= 11 is 0. The first-order chi connectivity index (χ1) is 22.8. The SMILES string of the molecule is FC(F)(F)c1ccc2ccc3ccc(C(F)(F)F)nc3c2n1.FC(F)(F)c1ccc2ccc3ccc(C(F)(F)F)nc3c2n1.F[P-](F)(F)(F)(F)F.[Cu+]. The fourth-order valence-electron chi connectivity index (χ4n) is 4.17. The van der Waals surface area contributed by atoms with E-state index in [0.29, 0.717) is 0 Å². The van der Waals surface area contributed by atoms with Crippen LogP contribution in [0.5, 0.6) is 0 Å². The molecule has 0 bridgehead atoms. The Labute approximate surface area is 286 Å². The molecule has 6 aromatic rings. The Hall–Kier alpha value is -4.23. The molecule has 0 aliphatic heterocycles. The number of aromatic nitrogens is 4. The maximum atomic E-state index is 12.7. The molecule has 2 aromatic carbocycles. The molecule has 0 saturated heterocycles. The second-order valence-corrected chi connectivity index (χ2v) is 12.1. The summed E-state index contributed by atoms with van der Waals surface area (Å²) in [6, 6.07) is 13.7. The Morgan fingerprint density at radius 1 is 0.308 bits per heavy atom. The molecule has 0 aliphatic carbocycles. The average Bonchev–Trinajstić information content (AvgIpc) is 2.96. The van der Waals surface area contributed by atoms with Crippen molar-refractivity contribution in [3.05, 3.63) is 95.6 Å². The molecule has 4 nitrogen and oxygen atoms in total. The van der Waals surface area contributed by atoms with Crippen molar-refractivity contribution in [1.82, 2.24) is 19.9 Å².